The number of pyridine rings is 1. The van der Waals surface area contributed by atoms with Gasteiger partial charge in [0.1, 0.15) is 17.7 Å². The van der Waals surface area contributed by atoms with Crippen molar-refractivity contribution >= 4 is 17.9 Å². The lowest BCUT2D eigenvalue weighted by Crippen LogP contribution is -2.53. The van der Waals surface area contributed by atoms with Crippen molar-refractivity contribution in [2.24, 2.45) is 5.92 Å². The number of nitrogens with one attached hydrogen (secondary N) is 1. The van der Waals surface area contributed by atoms with Crippen molar-refractivity contribution in [2.75, 3.05) is 0 Å². The van der Waals surface area contributed by atoms with Crippen LogP contribution in [0.3, 0.4) is 0 Å². The average Bonchev–Trinajstić information content (AvgIpc) is 3.32. The van der Waals surface area contributed by atoms with Gasteiger partial charge in [0.25, 0.3) is 5.91 Å². The van der Waals surface area contributed by atoms with E-state index in [1.807, 2.05) is 20.8 Å². The summed E-state index contributed by atoms with van der Waals surface area (Å²) in [5, 5.41) is 12.4. The lowest BCUT2D eigenvalue weighted by molar-refractivity contribution is -0.135. The zero-order valence-corrected chi connectivity index (χ0v) is 22.5. The first-order chi connectivity index (χ1) is 17.3. The second-order valence-electron chi connectivity index (χ2n) is 11.3. The predicted molar refractivity (Wildman–Crippen MR) is 135 cm³/mol. The second-order valence-corrected chi connectivity index (χ2v) is 11.3. The summed E-state index contributed by atoms with van der Waals surface area (Å²) in [6, 6.07) is 2.98. The van der Waals surface area contributed by atoms with Crippen molar-refractivity contribution in [3.63, 3.8) is 0 Å². The molecule has 2 aliphatic rings. The van der Waals surface area contributed by atoms with Crippen molar-refractivity contribution in [3.8, 4) is 6.07 Å². The van der Waals surface area contributed by atoms with Crippen molar-refractivity contribution in [1.29, 1.82) is 5.26 Å². The Bertz CT molecular complexity index is 1050. The predicted octanol–water partition coefficient (Wildman–Crippen LogP) is 4.04. The van der Waals surface area contributed by atoms with Gasteiger partial charge in [-0.15, -0.1) is 0 Å². The molecule has 202 valence electrons. The summed E-state index contributed by atoms with van der Waals surface area (Å²) in [4.78, 5) is 46.4. The molecule has 2 fully saturated rings. The van der Waals surface area contributed by atoms with E-state index >= 15 is 0 Å². The van der Waals surface area contributed by atoms with Crippen LogP contribution in [-0.2, 0) is 9.53 Å². The average molecular weight is 516 g/mol. The molecule has 3 unspecified atom stereocenters. The Balaban J connectivity index is 1.79. The maximum atomic E-state index is 13.7. The number of hydrogen-bond acceptors (Lipinski definition) is 6. The molecule has 0 bridgehead atoms. The lowest BCUT2D eigenvalue weighted by atomic mass is 10.0. The van der Waals surface area contributed by atoms with Gasteiger partial charge in [0.15, 0.2) is 0 Å². The van der Waals surface area contributed by atoms with E-state index in [2.05, 4.69) is 16.4 Å². The number of alkyl carbamates (subject to hydrolysis) is 1. The Labute approximate surface area is 218 Å². The molecule has 1 aromatic heterocycles. The van der Waals surface area contributed by atoms with Crippen LogP contribution >= 0.6 is 0 Å². The van der Waals surface area contributed by atoms with Crippen LogP contribution in [-0.4, -0.2) is 68.5 Å². The van der Waals surface area contributed by atoms with Crippen LogP contribution in [0.1, 0.15) is 84.0 Å². The molecule has 6 atom stereocenters. The maximum Gasteiger partial charge on any atom is 0.408 e. The highest BCUT2D eigenvalue weighted by Gasteiger charge is 2.43. The van der Waals surface area contributed by atoms with Gasteiger partial charge in [0, 0.05) is 36.0 Å². The van der Waals surface area contributed by atoms with Gasteiger partial charge < -0.3 is 19.9 Å². The van der Waals surface area contributed by atoms with Gasteiger partial charge in [-0.1, -0.05) is 6.92 Å². The zero-order valence-electron chi connectivity index (χ0n) is 22.5. The van der Waals surface area contributed by atoms with Crippen molar-refractivity contribution < 1.29 is 23.5 Å². The number of aromatic nitrogens is 1. The molecule has 0 aliphatic carbocycles. The van der Waals surface area contributed by atoms with Gasteiger partial charge >= 0.3 is 6.09 Å². The molecular formula is C27H38FN5O4. The molecule has 3 heterocycles. The minimum atomic E-state index is -0.912. The topological polar surface area (TPSA) is 116 Å². The van der Waals surface area contributed by atoms with Gasteiger partial charge in [-0.2, -0.15) is 9.65 Å². The Morgan fingerprint density at radius 2 is 1.95 bits per heavy atom. The van der Waals surface area contributed by atoms with Crippen LogP contribution in [0, 0.1) is 23.2 Å². The summed E-state index contributed by atoms with van der Waals surface area (Å²) in [7, 11) is 0. The molecular weight excluding hydrogens is 477 g/mol. The molecule has 9 nitrogen and oxygen atoms in total. The fraction of sp³-hybridized carbons (Fsp3) is 0.667. The number of ether oxygens (including phenoxy) is 1. The number of rotatable bonds is 6. The number of carbonyl (C=O) groups excluding carboxylic acids is 3. The first-order valence-electron chi connectivity index (χ1n) is 13.0. The van der Waals surface area contributed by atoms with Crippen LogP contribution in [0.15, 0.2) is 18.3 Å². The van der Waals surface area contributed by atoms with Crippen molar-refractivity contribution in [3.05, 3.63) is 29.8 Å². The maximum absolute atomic E-state index is 13.7. The highest BCUT2D eigenvalue weighted by atomic mass is 19.1. The van der Waals surface area contributed by atoms with E-state index in [0.717, 1.165) is 18.9 Å². The van der Waals surface area contributed by atoms with Crippen LogP contribution in [0.2, 0.25) is 0 Å². The molecule has 0 radical (unpaired) electrons. The van der Waals surface area contributed by atoms with E-state index in [9.17, 15) is 24.0 Å². The summed E-state index contributed by atoms with van der Waals surface area (Å²) in [5.74, 6) is -1.18. The van der Waals surface area contributed by atoms with Gasteiger partial charge in [0.05, 0.1) is 6.07 Å². The number of nitriles is 1. The number of likely N-dealkylation sites (tertiary alicyclic amines) is 2. The summed E-state index contributed by atoms with van der Waals surface area (Å²) in [6.45, 7) is 11.1. The number of halogens is 1. The molecule has 2 aliphatic heterocycles. The molecule has 10 heteroatoms. The summed E-state index contributed by atoms with van der Waals surface area (Å²) in [6.07, 6.45) is 3.35. The van der Waals surface area contributed by atoms with E-state index in [-0.39, 0.29) is 47.8 Å². The van der Waals surface area contributed by atoms with E-state index in [0.29, 0.717) is 12.8 Å². The number of carbonyl (C=O) groups is 3. The third kappa shape index (κ3) is 6.76. The normalized spacial score (nSPS) is 26.5. The Morgan fingerprint density at radius 1 is 1.24 bits per heavy atom. The van der Waals surface area contributed by atoms with Crippen LogP contribution in [0.4, 0.5) is 9.18 Å². The van der Waals surface area contributed by atoms with Gasteiger partial charge in [-0.05, 0) is 78.7 Å². The molecule has 3 rings (SSSR count). The Morgan fingerprint density at radius 3 is 2.57 bits per heavy atom. The largest absolute Gasteiger partial charge is 0.444 e. The van der Waals surface area contributed by atoms with Crippen molar-refractivity contribution in [2.45, 2.75) is 109 Å². The smallest absolute Gasteiger partial charge is 0.408 e. The molecule has 0 saturated carbocycles. The third-order valence-corrected chi connectivity index (χ3v) is 7.37. The standard InChI is InChI=1S/C27H38FN5O4/c1-16-13-21(15-29)33(18(16)3)25(35)22(31-26(36)37-27(4,5)6)10-9-20-8-7-17(2)32(20)24(34)19-11-12-30-23(28)14-19/h11-12,14,16-18,20-22H,7-10,13H2,1-6H3,(H,31,36)/t16-,17?,18?,20?,21-,22-/m0/s1. The fourth-order valence-electron chi connectivity index (χ4n) is 5.34. The molecule has 0 spiro atoms. The molecule has 3 amide bonds. The summed E-state index contributed by atoms with van der Waals surface area (Å²) >= 11 is 0. The van der Waals surface area contributed by atoms with E-state index in [1.165, 1.54) is 12.3 Å². The first kappa shape index (κ1) is 28.4. The minimum Gasteiger partial charge on any atom is -0.444 e. The highest BCUT2D eigenvalue weighted by Crippen LogP contribution is 2.32. The van der Waals surface area contributed by atoms with Crippen molar-refractivity contribution in [1.82, 2.24) is 20.1 Å². The quantitative estimate of drug-likeness (QED) is 0.572. The lowest BCUT2D eigenvalue weighted by Gasteiger charge is -2.33. The van der Waals surface area contributed by atoms with E-state index in [1.54, 1.807) is 30.6 Å². The Hall–Kier alpha value is -3.22. The van der Waals surface area contributed by atoms with Crippen LogP contribution < -0.4 is 5.32 Å². The van der Waals surface area contributed by atoms with Crippen LogP contribution in [0.5, 0.6) is 0 Å². The summed E-state index contributed by atoms with van der Waals surface area (Å²) < 4.78 is 19.1. The first-order valence-corrected chi connectivity index (χ1v) is 13.0. The second kappa shape index (κ2) is 11.4. The minimum absolute atomic E-state index is 0.0517. The molecule has 1 N–H and O–H groups in total. The SMILES string of the molecule is CC1CCC(CC[C@H](NC(=O)OC(C)(C)C)C(=O)N2C(C)[C@@H](C)C[C@H]2C#N)N1C(=O)c1ccnc(F)c1. The fourth-order valence-corrected chi connectivity index (χ4v) is 5.34. The molecule has 37 heavy (non-hydrogen) atoms. The third-order valence-electron chi connectivity index (χ3n) is 7.37. The zero-order chi connectivity index (χ0) is 27.5. The summed E-state index contributed by atoms with van der Waals surface area (Å²) in [5.41, 5.74) is -0.519. The van der Waals surface area contributed by atoms with E-state index in [4.69, 9.17) is 4.74 Å². The van der Waals surface area contributed by atoms with E-state index < -0.39 is 29.7 Å². The Kier molecular flexibility index (Phi) is 8.77. The number of nitrogens with zero attached hydrogens (tertiary/aromatic N) is 4. The van der Waals surface area contributed by atoms with Gasteiger partial charge in [-0.25, -0.2) is 9.78 Å². The van der Waals surface area contributed by atoms with Crippen LogP contribution in [0.25, 0.3) is 0 Å². The highest BCUT2D eigenvalue weighted by molar-refractivity contribution is 5.94. The number of amides is 3. The molecule has 1 aromatic rings. The molecule has 2 saturated heterocycles. The van der Waals surface area contributed by atoms with Gasteiger partial charge in [-0.3, -0.25) is 9.59 Å². The molecule has 0 aromatic carbocycles. The van der Waals surface area contributed by atoms with Gasteiger partial charge in [0.2, 0.25) is 11.9 Å². The number of hydrogen-bond donors (Lipinski definition) is 1. The monoisotopic (exact) mass is 515 g/mol.